The molecule has 0 spiro atoms. The van der Waals surface area contributed by atoms with Crippen molar-refractivity contribution in [3.63, 3.8) is 0 Å². The van der Waals surface area contributed by atoms with E-state index in [1.165, 1.54) is 0 Å². The number of carbonyl (C=O) groups is 4. The van der Waals surface area contributed by atoms with Gasteiger partial charge in [-0.2, -0.15) is 17.6 Å². The SMILES string of the molecule is O=C(CCCCCCCCCCC(=O)OCc1ccccc1)NC(COCCC(=O)Oc1c(F)c(F)c(F)c(F)c1F)COCCC(=O)Oc1c(F)c(F)c(F)c(F)c1F. The molecule has 3 aromatic rings. The number of halogens is 10. The number of hydrogen-bond donors (Lipinski definition) is 1. The van der Waals surface area contributed by atoms with Crippen LogP contribution in [0, 0.1) is 58.2 Å². The van der Waals surface area contributed by atoms with Gasteiger partial charge in [-0.1, -0.05) is 68.9 Å². The molecule has 0 aliphatic carbocycles. The van der Waals surface area contributed by atoms with E-state index in [2.05, 4.69) is 14.8 Å². The maximum absolute atomic E-state index is 13.9. The Kier molecular flexibility index (Phi) is 20.8. The van der Waals surface area contributed by atoms with Gasteiger partial charge in [-0.25, -0.2) is 26.3 Å². The summed E-state index contributed by atoms with van der Waals surface area (Å²) >= 11 is 0. The summed E-state index contributed by atoms with van der Waals surface area (Å²) < 4.78 is 160. The second-order valence-corrected chi connectivity index (χ2v) is 13.1. The van der Waals surface area contributed by atoms with E-state index in [0.29, 0.717) is 25.7 Å². The second kappa shape index (κ2) is 25.4. The van der Waals surface area contributed by atoms with Crippen molar-refractivity contribution in [2.45, 2.75) is 89.7 Å². The molecule has 10 nitrogen and oxygen atoms in total. The molecule has 3 aromatic carbocycles. The topological polar surface area (TPSA) is 126 Å². The highest BCUT2D eigenvalue weighted by atomic mass is 19.2. The standard InChI is InChI=1S/C40H41F10NO9/c41-29-31(43)35(47)39(36(48)32(29)44)59-27(54)16-18-56-21-24(22-57-19-17-28(55)60-40-37(49)33(45)30(42)34(46)38(40)50)51-25(52)14-10-5-3-1-2-4-6-11-15-26(53)58-20-23-12-8-7-9-13-23/h7-9,12-13,24H,1-6,10-11,14-22H2,(H,51,52). The van der Waals surface area contributed by atoms with Crippen molar-refractivity contribution >= 4 is 23.8 Å². The molecule has 0 heterocycles. The zero-order valence-corrected chi connectivity index (χ0v) is 31.9. The summed E-state index contributed by atoms with van der Waals surface area (Å²) in [4.78, 5) is 48.7. The lowest BCUT2D eigenvalue weighted by molar-refractivity contribution is -0.145. The van der Waals surface area contributed by atoms with Gasteiger partial charge in [0.1, 0.15) is 6.61 Å². The molecule has 0 atom stereocenters. The lowest BCUT2D eigenvalue weighted by Crippen LogP contribution is -2.41. The van der Waals surface area contributed by atoms with E-state index in [4.69, 9.17) is 14.2 Å². The van der Waals surface area contributed by atoms with Crippen molar-refractivity contribution in [1.82, 2.24) is 5.32 Å². The van der Waals surface area contributed by atoms with Crippen LogP contribution in [0.15, 0.2) is 30.3 Å². The van der Waals surface area contributed by atoms with E-state index < -0.39 is 133 Å². The Morgan fingerprint density at radius 1 is 0.467 bits per heavy atom. The van der Waals surface area contributed by atoms with Gasteiger partial charge < -0.3 is 29.0 Å². The van der Waals surface area contributed by atoms with Crippen LogP contribution in [-0.4, -0.2) is 56.3 Å². The van der Waals surface area contributed by atoms with Crippen LogP contribution in [0.1, 0.15) is 82.6 Å². The number of ether oxygens (including phenoxy) is 5. The highest BCUT2D eigenvalue weighted by molar-refractivity contribution is 5.76. The maximum Gasteiger partial charge on any atom is 0.313 e. The molecule has 0 fully saturated rings. The molecular weight excluding hydrogens is 828 g/mol. The normalized spacial score (nSPS) is 11.2. The summed E-state index contributed by atoms with van der Waals surface area (Å²) in [7, 11) is 0. The second-order valence-electron chi connectivity index (χ2n) is 13.1. The van der Waals surface area contributed by atoms with Gasteiger partial charge in [0.05, 0.1) is 45.3 Å². The van der Waals surface area contributed by atoms with E-state index in [9.17, 15) is 63.1 Å². The minimum Gasteiger partial charge on any atom is -0.461 e. The third-order valence-corrected chi connectivity index (χ3v) is 8.45. The number of nitrogens with one attached hydrogen (secondary N) is 1. The number of rotatable bonds is 26. The molecule has 20 heteroatoms. The van der Waals surface area contributed by atoms with Crippen molar-refractivity contribution in [3.8, 4) is 11.5 Å². The molecule has 0 aliphatic rings. The van der Waals surface area contributed by atoms with E-state index in [-0.39, 0.29) is 19.0 Å². The van der Waals surface area contributed by atoms with Crippen LogP contribution < -0.4 is 14.8 Å². The Morgan fingerprint density at radius 2 is 0.850 bits per heavy atom. The van der Waals surface area contributed by atoms with Crippen LogP contribution in [0.3, 0.4) is 0 Å². The first-order valence-electron chi connectivity index (χ1n) is 18.7. The predicted octanol–water partition coefficient (Wildman–Crippen LogP) is 8.53. The fourth-order valence-electron chi connectivity index (χ4n) is 5.30. The number of carbonyl (C=O) groups excluding carboxylic acids is 4. The Labute approximate surface area is 337 Å². The van der Waals surface area contributed by atoms with Crippen LogP contribution in [-0.2, 0) is 40.0 Å². The molecule has 330 valence electrons. The minimum atomic E-state index is -2.46. The van der Waals surface area contributed by atoms with Crippen molar-refractivity contribution in [1.29, 1.82) is 0 Å². The molecule has 3 rings (SSSR count). The van der Waals surface area contributed by atoms with Crippen LogP contribution in [0.25, 0.3) is 0 Å². The summed E-state index contributed by atoms with van der Waals surface area (Å²) in [5, 5.41) is 2.60. The van der Waals surface area contributed by atoms with E-state index in [1.807, 2.05) is 30.3 Å². The summed E-state index contributed by atoms with van der Waals surface area (Å²) in [6.07, 6.45) is 5.17. The number of amides is 1. The number of unbranched alkanes of at least 4 members (excludes halogenated alkanes) is 7. The Bertz CT molecular complexity index is 1770. The minimum absolute atomic E-state index is 0.0596. The number of esters is 3. The lowest BCUT2D eigenvalue weighted by atomic mass is 10.1. The fourth-order valence-corrected chi connectivity index (χ4v) is 5.30. The zero-order valence-electron chi connectivity index (χ0n) is 31.9. The molecule has 0 saturated heterocycles. The first kappa shape index (κ1) is 49.1. The summed E-state index contributed by atoms with van der Waals surface area (Å²) in [6, 6.07) is 8.34. The molecule has 0 aliphatic heterocycles. The van der Waals surface area contributed by atoms with E-state index >= 15 is 0 Å². The largest absolute Gasteiger partial charge is 0.461 e. The zero-order chi connectivity index (χ0) is 44.2. The average Bonchev–Trinajstić information content (AvgIpc) is 3.24. The number of benzene rings is 3. The molecule has 0 bridgehead atoms. The molecule has 1 N–H and O–H groups in total. The van der Waals surface area contributed by atoms with Crippen molar-refractivity contribution in [3.05, 3.63) is 94.1 Å². The van der Waals surface area contributed by atoms with Crippen LogP contribution in [0.4, 0.5) is 43.9 Å². The molecular formula is C40H41F10NO9. The Hall–Kier alpha value is -5.24. The van der Waals surface area contributed by atoms with Gasteiger partial charge >= 0.3 is 17.9 Å². The fraction of sp³-hybridized carbons (Fsp3) is 0.450. The lowest BCUT2D eigenvalue weighted by Gasteiger charge is -2.19. The van der Waals surface area contributed by atoms with Gasteiger partial charge in [0.15, 0.2) is 0 Å². The maximum atomic E-state index is 13.9. The van der Waals surface area contributed by atoms with Gasteiger partial charge in [-0.3, -0.25) is 19.2 Å². The summed E-state index contributed by atoms with van der Waals surface area (Å²) in [5.74, 6) is -31.0. The van der Waals surface area contributed by atoms with Crippen molar-refractivity contribution in [2.75, 3.05) is 26.4 Å². The van der Waals surface area contributed by atoms with Gasteiger partial charge in [-0.05, 0) is 18.4 Å². The Morgan fingerprint density at radius 3 is 1.28 bits per heavy atom. The summed E-state index contributed by atoms with van der Waals surface area (Å²) in [5.41, 5.74) is 0.909. The van der Waals surface area contributed by atoms with E-state index in [1.54, 1.807) is 0 Å². The highest BCUT2D eigenvalue weighted by Crippen LogP contribution is 2.30. The molecule has 0 saturated carbocycles. The van der Waals surface area contributed by atoms with Crippen LogP contribution in [0.2, 0.25) is 0 Å². The van der Waals surface area contributed by atoms with Gasteiger partial charge in [0.25, 0.3) is 0 Å². The monoisotopic (exact) mass is 869 g/mol. The van der Waals surface area contributed by atoms with Crippen LogP contribution >= 0.6 is 0 Å². The third kappa shape index (κ3) is 15.7. The predicted molar refractivity (Wildman–Crippen MR) is 189 cm³/mol. The quantitative estimate of drug-likeness (QED) is 0.0211. The molecule has 0 radical (unpaired) electrons. The number of hydrogen-bond acceptors (Lipinski definition) is 9. The van der Waals surface area contributed by atoms with Gasteiger partial charge in [0.2, 0.25) is 75.6 Å². The smallest absolute Gasteiger partial charge is 0.313 e. The van der Waals surface area contributed by atoms with Crippen molar-refractivity contribution in [2.24, 2.45) is 0 Å². The van der Waals surface area contributed by atoms with Gasteiger partial charge in [0, 0.05) is 12.8 Å². The van der Waals surface area contributed by atoms with Crippen molar-refractivity contribution < 1.29 is 86.8 Å². The third-order valence-electron chi connectivity index (χ3n) is 8.45. The van der Waals surface area contributed by atoms with Crippen LogP contribution in [0.5, 0.6) is 11.5 Å². The average molecular weight is 870 g/mol. The van der Waals surface area contributed by atoms with E-state index in [0.717, 1.165) is 37.7 Å². The molecule has 0 unspecified atom stereocenters. The molecule has 1 amide bonds. The first-order chi connectivity index (χ1) is 28.6. The Balaban J connectivity index is 1.40. The molecule has 0 aromatic heterocycles. The first-order valence-corrected chi connectivity index (χ1v) is 18.7. The van der Waals surface area contributed by atoms with Gasteiger partial charge in [-0.15, -0.1) is 0 Å². The summed E-state index contributed by atoms with van der Waals surface area (Å²) in [6.45, 7) is -1.67. The molecule has 60 heavy (non-hydrogen) atoms. The highest BCUT2D eigenvalue weighted by Gasteiger charge is 2.30.